The zero-order valence-electron chi connectivity index (χ0n) is 19.0. The van der Waals surface area contributed by atoms with E-state index < -0.39 is 0 Å². The molecule has 1 atom stereocenters. The second-order valence-electron chi connectivity index (χ2n) is 8.38. The van der Waals surface area contributed by atoms with Crippen LogP contribution in [0.1, 0.15) is 24.3 Å². The Morgan fingerprint density at radius 3 is 2.80 bits per heavy atom. The number of nitrogens with zero attached hydrogens (tertiary/aromatic N) is 4. The predicted octanol–water partition coefficient (Wildman–Crippen LogP) is 6.11. The third-order valence-corrected chi connectivity index (χ3v) is 6.34. The highest BCUT2D eigenvalue weighted by Crippen LogP contribution is 2.33. The molecule has 0 aliphatic carbocycles. The largest absolute Gasteiger partial charge is 0.438 e. The Hall–Kier alpha value is -3.97. The van der Waals surface area contributed by atoms with Crippen molar-refractivity contribution in [3.63, 3.8) is 0 Å². The summed E-state index contributed by atoms with van der Waals surface area (Å²) >= 11 is 6.44. The number of nitrogens with one attached hydrogen (secondary N) is 1. The molecule has 1 N–H and O–H groups in total. The molecule has 1 fully saturated rings. The number of hydrogen-bond donors (Lipinski definition) is 1. The molecule has 1 saturated heterocycles. The number of ether oxygens (including phenoxy) is 1. The standard InChI is InChI=1S/C27H24ClN5O2/c1-2-25(34)33-12-6-7-19(16-33)18-10-11-24-22(13-18)26(31-17-30-24)32-20-14-23(28)27(29-15-20)35-21-8-4-3-5-9-21/h2-5,8-11,13-15,17,19H,1,6-7,12,16H2,(H,30,31,32)/t19-/m1/s1. The van der Waals surface area contributed by atoms with Crippen LogP contribution in [0.3, 0.4) is 0 Å². The molecule has 1 amide bonds. The monoisotopic (exact) mass is 485 g/mol. The Kier molecular flexibility index (Phi) is 6.59. The Morgan fingerprint density at radius 1 is 1.14 bits per heavy atom. The first-order valence-corrected chi connectivity index (χ1v) is 11.8. The summed E-state index contributed by atoms with van der Waals surface area (Å²) in [5.74, 6) is 1.87. The van der Waals surface area contributed by atoms with Crippen molar-refractivity contribution in [2.75, 3.05) is 18.4 Å². The fourth-order valence-electron chi connectivity index (χ4n) is 4.31. The lowest BCUT2D eigenvalue weighted by atomic mass is 9.90. The number of pyridine rings is 1. The average Bonchev–Trinajstić information content (AvgIpc) is 2.90. The van der Waals surface area contributed by atoms with Gasteiger partial charge in [-0.05, 0) is 54.8 Å². The molecule has 4 aromatic rings. The molecule has 3 heterocycles. The third-order valence-electron chi connectivity index (χ3n) is 6.07. The van der Waals surface area contributed by atoms with Crippen LogP contribution in [0.5, 0.6) is 11.6 Å². The van der Waals surface area contributed by atoms with E-state index in [9.17, 15) is 4.79 Å². The molecule has 5 rings (SSSR count). The first kappa shape index (κ1) is 22.8. The normalized spacial score (nSPS) is 15.6. The summed E-state index contributed by atoms with van der Waals surface area (Å²) < 4.78 is 5.77. The van der Waals surface area contributed by atoms with E-state index in [1.165, 1.54) is 12.4 Å². The second-order valence-corrected chi connectivity index (χ2v) is 8.78. The van der Waals surface area contributed by atoms with Crippen molar-refractivity contribution < 1.29 is 9.53 Å². The van der Waals surface area contributed by atoms with Crippen LogP contribution in [0.2, 0.25) is 5.02 Å². The number of carbonyl (C=O) groups is 1. The van der Waals surface area contributed by atoms with Crippen LogP contribution >= 0.6 is 11.6 Å². The van der Waals surface area contributed by atoms with Crippen molar-refractivity contribution in [3.8, 4) is 11.6 Å². The summed E-state index contributed by atoms with van der Waals surface area (Å²) in [5.41, 5.74) is 2.66. The summed E-state index contributed by atoms with van der Waals surface area (Å²) in [6.07, 6.45) is 6.54. The van der Waals surface area contributed by atoms with Gasteiger partial charge >= 0.3 is 0 Å². The lowest BCUT2D eigenvalue weighted by molar-refractivity contribution is -0.127. The molecule has 8 heteroatoms. The van der Waals surface area contributed by atoms with Gasteiger partial charge in [0.1, 0.15) is 22.9 Å². The summed E-state index contributed by atoms with van der Waals surface area (Å²) in [5, 5.41) is 4.58. The van der Waals surface area contributed by atoms with Gasteiger partial charge in [0, 0.05) is 24.4 Å². The minimum atomic E-state index is -0.0229. The minimum absolute atomic E-state index is 0.0229. The molecule has 0 bridgehead atoms. The Labute approximate surface area is 208 Å². The zero-order valence-corrected chi connectivity index (χ0v) is 19.8. The maximum Gasteiger partial charge on any atom is 0.245 e. The van der Waals surface area contributed by atoms with Gasteiger partial charge in [0.25, 0.3) is 0 Å². The maximum absolute atomic E-state index is 12.1. The van der Waals surface area contributed by atoms with E-state index in [-0.39, 0.29) is 11.8 Å². The maximum atomic E-state index is 12.1. The second kappa shape index (κ2) is 10.1. The number of aromatic nitrogens is 3. The van der Waals surface area contributed by atoms with E-state index in [0.717, 1.165) is 35.9 Å². The number of halogens is 1. The smallest absolute Gasteiger partial charge is 0.245 e. The van der Waals surface area contributed by atoms with Crippen molar-refractivity contribution in [2.24, 2.45) is 0 Å². The number of fused-ring (bicyclic) bond motifs is 1. The lowest BCUT2D eigenvalue weighted by Crippen LogP contribution is -2.38. The molecular weight excluding hydrogens is 462 g/mol. The van der Waals surface area contributed by atoms with Gasteiger partial charge in [0.2, 0.25) is 11.8 Å². The Morgan fingerprint density at radius 2 is 2.00 bits per heavy atom. The highest BCUT2D eigenvalue weighted by atomic mass is 35.5. The van der Waals surface area contributed by atoms with E-state index in [2.05, 4.69) is 39.0 Å². The Bertz CT molecular complexity index is 1380. The predicted molar refractivity (Wildman–Crippen MR) is 137 cm³/mol. The summed E-state index contributed by atoms with van der Waals surface area (Å²) in [4.78, 5) is 27.2. The molecule has 0 unspecified atom stereocenters. The third kappa shape index (κ3) is 5.10. The molecule has 0 radical (unpaired) electrons. The average molecular weight is 486 g/mol. The van der Waals surface area contributed by atoms with E-state index in [1.807, 2.05) is 41.3 Å². The van der Waals surface area contributed by atoms with Gasteiger partial charge in [-0.25, -0.2) is 15.0 Å². The number of benzene rings is 2. The van der Waals surface area contributed by atoms with Gasteiger partial charge in [-0.3, -0.25) is 4.79 Å². The number of likely N-dealkylation sites (tertiary alicyclic amines) is 1. The molecule has 0 spiro atoms. The van der Waals surface area contributed by atoms with Gasteiger partial charge in [0.15, 0.2) is 0 Å². The number of amides is 1. The topological polar surface area (TPSA) is 80.2 Å². The number of piperidine rings is 1. The van der Waals surface area contributed by atoms with E-state index in [4.69, 9.17) is 16.3 Å². The Balaban J connectivity index is 1.39. The molecule has 7 nitrogen and oxygen atoms in total. The number of rotatable bonds is 6. The molecule has 176 valence electrons. The van der Waals surface area contributed by atoms with Crippen LogP contribution in [-0.2, 0) is 4.79 Å². The van der Waals surface area contributed by atoms with Crippen molar-refractivity contribution in [3.05, 3.63) is 90.4 Å². The minimum Gasteiger partial charge on any atom is -0.438 e. The van der Waals surface area contributed by atoms with Crippen LogP contribution in [0.25, 0.3) is 10.9 Å². The van der Waals surface area contributed by atoms with Crippen LogP contribution in [-0.4, -0.2) is 38.8 Å². The van der Waals surface area contributed by atoms with Gasteiger partial charge < -0.3 is 15.0 Å². The zero-order chi connectivity index (χ0) is 24.2. The van der Waals surface area contributed by atoms with Crippen LogP contribution < -0.4 is 10.1 Å². The van der Waals surface area contributed by atoms with Crippen molar-refractivity contribution in [1.82, 2.24) is 19.9 Å². The SMILES string of the molecule is C=CC(=O)N1CCC[C@@H](c2ccc3ncnc(Nc4cnc(Oc5ccccc5)c(Cl)c4)c3c2)C1. The lowest BCUT2D eigenvalue weighted by Gasteiger charge is -2.32. The number of carbonyl (C=O) groups excluding carboxylic acids is 1. The van der Waals surface area contributed by atoms with Crippen LogP contribution in [0.4, 0.5) is 11.5 Å². The molecule has 0 saturated carbocycles. The number of para-hydroxylation sites is 1. The number of hydrogen-bond acceptors (Lipinski definition) is 6. The van der Waals surface area contributed by atoms with Gasteiger partial charge in [0.05, 0.1) is 17.4 Å². The van der Waals surface area contributed by atoms with Crippen molar-refractivity contribution in [1.29, 1.82) is 0 Å². The summed E-state index contributed by atoms with van der Waals surface area (Å²) in [6.45, 7) is 5.06. The van der Waals surface area contributed by atoms with Crippen LogP contribution in [0, 0.1) is 0 Å². The fourth-order valence-corrected chi connectivity index (χ4v) is 4.52. The van der Waals surface area contributed by atoms with Crippen molar-refractivity contribution in [2.45, 2.75) is 18.8 Å². The van der Waals surface area contributed by atoms with Gasteiger partial charge in [-0.15, -0.1) is 0 Å². The molecule has 35 heavy (non-hydrogen) atoms. The van der Waals surface area contributed by atoms with Gasteiger partial charge in [-0.2, -0.15) is 0 Å². The van der Waals surface area contributed by atoms with Crippen LogP contribution in [0.15, 0.2) is 79.8 Å². The number of anilines is 2. The molecule has 2 aromatic carbocycles. The van der Waals surface area contributed by atoms with Crippen molar-refractivity contribution >= 4 is 39.9 Å². The molecule has 1 aliphatic rings. The van der Waals surface area contributed by atoms with Gasteiger partial charge in [-0.1, -0.05) is 42.4 Å². The first-order valence-electron chi connectivity index (χ1n) is 11.4. The highest BCUT2D eigenvalue weighted by Gasteiger charge is 2.24. The highest BCUT2D eigenvalue weighted by molar-refractivity contribution is 6.32. The molecule has 2 aromatic heterocycles. The van der Waals surface area contributed by atoms with E-state index >= 15 is 0 Å². The molecular formula is C27H24ClN5O2. The quantitative estimate of drug-likeness (QED) is 0.332. The summed E-state index contributed by atoms with van der Waals surface area (Å²) in [6, 6.07) is 17.3. The van der Waals surface area contributed by atoms with E-state index in [0.29, 0.717) is 34.7 Å². The molecule has 1 aliphatic heterocycles. The summed E-state index contributed by atoms with van der Waals surface area (Å²) in [7, 11) is 0. The van der Waals surface area contributed by atoms with E-state index in [1.54, 1.807) is 12.3 Å². The fraction of sp³-hybridized carbons (Fsp3) is 0.185. The first-order chi connectivity index (χ1) is 17.1.